The average Bonchev–Trinajstić information content (AvgIpc) is 3.04. The number of carbonyl (C=O) groups is 1. The molecule has 4 aromatic rings. The second kappa shape index (κ2) is 6.92. The second-order valence-corrected chi connectivity index (χ2v) is 6.01. The van der Waals surface area contributed by atoms with E-state index in [1.165, 1.54) is 0 Å². The molecule has 0 saturated carbocycles. The number of imidazole rings is 1. The van der Waals surface area contributed by atoms with Crippen molar-refractivity contribution in [1.29, 1.82) is 0 Å². The molecule has 1 aromatic carbocycles. The molecule has 0 spiro atoms. The van der Waals surface area contributed by atoms with E-state index in [4.69, 9.17) is 0 Å². The third kappa shape index (κ3) is 3.01. The van der Waals surface area contributed by atoms with Crippen LogP contribution in [-0.2, 0) is 13.0 Å². The van der Waals surface area contributed by atoms with Gasteiger partial charge in [-0.25, -0.2) is 15.0 Å². The molecule has 3 heterocycles. The van der Waals surface area contributed by atoms with Crippen molar-refractivity contribution in [3.8, 4) is 0 Å². The molecule has 6 heteroatoms. The van der Waals surface area contributed by atoms with E-state index in [1.54, 1.807) is 12.3 Å². The molecular weight excluding hydrogens is 326 g/mol. The van der Waals surface area contributed by atoms with Gasteiger partial charge >= 0.3 is 0 Å². The van der Waals surface area contributed by atoms with Crippen molar-refractivity contribution in [3.63, 3.8) is 0 Å². The largest absolute Gasteiger partial charge is 0.350 e. The molecule has 130 valence electrons. The van der Waals surface area contributed by atoms with E-state index in [-0.39, 0.29) is 5.91 Å². The van der Waals surface area contributed by atoms with Gasteiger partial charge in [-0.05, 0) is 31.2 Å². The summed E-state index contributed by atoms with van der Waals surface area (Å²) in [5.41, 5.74) is 3.01. The van der Waals surface area contributed by atoms with Gasteiger partial charge in [0.25, 0.3) is 5.91 Å². The van der Waals surface area contributed by atoms with Crippen LogP contribution in [0.2, 0.25) is 0 Å². The highest BCUT2D eigenvalue weighted by molar-refractivity contribution is 5.94. The fourth-order valence-electron chi connectivity index (χ4n) is 3.10. The van der Waals surface area contributed by atoms with E-state index < -0.39 is 0 Å². The number of hydrogen-bond donors (Lipinski definition) is 1. The quantitative estimate of drug-likeness (QED) is 0.603. The molecule has 3 aromatic heterocycles. The molecular formula is C20H19N5O. The van der Waals surface area contributed by atoms with Crippen molar-refractivity contribution >= 4 is 28.0 Å². The lowest BCUT2D eigenvalue weighted by Gasteiger charge is -2.07. The number of amides is 1. The summed E-state index contributed by atoms with van der Waals surface area (Å²) < 4.78 is 2.08. The Bertz CT molecular complexity index is 1090. The molecule has 26 heavy (non-hydrogen) atoms. The summed E-state index contributed by atoms with van der Waals surface area (Å²) in [7, 11) is 0. The number of nitrogens with one attached hydrogen (secondary N) is 1. The summed E-state index contributed by atoms with van der Waals surface area (Å²) in [4.78, 5) is 25.8. The molecule has 0 aliphatic rings. The number of rotatable bonds is 5. The van der Waals surface area contributed by atoms with Crippen molar-refractivity contribution in [2.75, 3.05) is 6.54 Å². The van der Waals surface area contributed by atoms with Crippen LogP contribution in [0, 0.1) is 0 Å². The van der Waals surface area contributed by atoms with E-state index in [0.29, 0.717) is 18.7 Å². The summed E-state index contributed by atoms with van der Waals surface area (Å²) in [6, 6.07) is 15.3. The Morgan fingerprint density at radius 1 is 1.04 bits per heavy atom. The molecule has 0 aliphatic heterocycles. The molecule has 1 N–H and O–H groups in total. The van der Waals surface area contributed by atoms with Crippen molar-refractivity contribution in [2.45, 2.75) is 19.9 Å². The SMILES string of the molecule is CCn1c(CCNC(=O)c2ccc3ccccc3n2)nc2cccnc21. The maximum atomic E-state index is 12.4. The fraction of sp³-hybridized carbons (Fsp3) is 0.200. The van der Waals surface area contributed by atoms with Gasteiger partial charge in [-0.15, -0.1) is 0 Å². The Labute approximate surface area is 150 Å². The van der Waals surface area contributed by atoms with Crippen LogP contribution in [0.3, 0.4) is 0 Å². The number of hydrogen-bond acceptors (Lipinski definition) is 4. The molecule has 0 saturated heterocycles. The Balaban J connectivity index is 1.46. The zero-order chi connectivity index (χ0) is 17.9. The first-order chi connectivity index (χ1) is 12.8. The molecule has 0 atom stereocenters. The lowest BCUT2D eigenvalue weighted by molar-refractivity contribution is 0.0949. The minimum Gasteiger partial charge on any atom is -0.350 e. The van der Waals surface area contributed by atoms with Crippen LogP contribution in [0.5, 0.6) is 0 Å². The summed E-state index contributed by atoms with van der Waals surface area (Å²) in [5, 5.41) is 3.95. The van der Waals surface area contributed by atoms with Gasteiger partial charge in [0, 0.05) is 31.1 Å². The standard InChI is InChI=1S/C20H19N5O/c1-2-25-18(24-16-8-5-12-21-19(16)25)11-13-22-20(26)17-10-9-14-6-3-4-7-15(14)23-17/h3-10,12H,2,11,13H2,1H3,(H,22,26). The third-order valence-electron chi connectivity index (χ3n) is 4.36. The van der Waals surface area contributed by atoms with Crippen LogP contribution < -0.4 is 5.32 Å². The maximum Gasteiger partial charge on any atom is 0.269 e. The van der Waals surface area contributed by atoms with Crippen molar-refractivity contribution < 1.29 is 4.79 Å². The van der Waals surface area contributed by atoms with E-state index in [2.05, 4.69) is 31.8 Å². The van der Waals surface area contributed by atoms with Gasteiger partial charge in [-0.2, -0.15) is 0 Å². The molecule has 0 fully saturated rings. The highest BCUT2D eigenvalue weighted by Gasteiger charge is 2.12. The number of nitrogens with zero attached hydrogens (tertiary/aromatic N) is 4. The first-order valence-electron chi connectivity index (χ1n) is 8.70. The number of fused-ring (bicyclic) bond motifs is 2. The smallest absolute Gasteiger partial charge is 0.269 e. The summed E-state index contributed by atoms with van der Waals surface area (Å²) in [6.45, 7) is 3.36. The van der Waals surface area contributed by atoms with Crippen LogP contribution >= 0.6 is 0 Å². The topological polar surface area (TPSA) is 72.7 Å². The van der Waals surface area contributed by atoms with Gasteiger partial charge in [0.2, 0.25) is 0 Å². The number of benzene rings is 1. The molecule has 1 amide bonds. The summed E-state index contributed by atoms with van der Waals surface area (Å²) in [5.74, 6) is 0.751. The van der Waals surface area contributed by atoms with Crippen molar-refractivity contribution in [3.05, 3.63) is 66.2 Å². The minimum absolute atomic E-state index is 0.173. The van der Waals surface area contributed by atoms with Crippen molar-refractivity contribution in [1.82, 2.24) is 24.8 Å². The molecule has 0 bridgehead atoms. The van der Waals surface area contributed by atoms with Crippen LogP contribution in [0.1, 0.15) is 23.2 Å². The molecule has 4 rings (SSSR count). The van der Waals surface area contributed by atoms with E-state index in [1.807, 2.05) is 42.5 Å². The highest BCUT2D eigenvalue weighted by Crippen LogP contribution is 2.14. The highest BCUT2D eigenvalue weighted by atomic mass is 16.1. The first kappa shape index (κ1) is 16.2. The van der Waals surface area contributed by atoms with E-state index >= 15 is 0 Å². The van der Waals surface area contributed by atoms with Gasteiger partial charge in [-0.3, -0.25) is 4.79 Å². The zero-order valence-corrected chi connectivity index (χ0v) is 14.5. The molecule has 0 aliphatic carbocycles. The molecule has 6 nitrogen and oxygen atoms in total. The third-order valence-corrected chi connectivity index (χ3v) is 4.36. The molecule has 0 radical (unpaired) electrons. The van der Waals surface area contributed by atoms with Gasteiger partial charge in [0.15, 0.2) is 5.65 Å². The Morgan fingerprint density at radius 3 is 2.77 bits per heavy atom. The average molecular weight is 345 g/mol. The number of para-hydroxylation sites is 1. The van der Waals surface area contributed by atoms with E-state index in [9.17, 15) is 4.79 Å². The molecule has 0 unspecified atom stereocenters. The van der Waals surface area contributed by atoms with E-state index in [0.717, 1.165) is 34.4 Å². The van der Waals surface area contributed by atoms with Crippen LogP contribution in [0.4, 0.5) is 0 Å². The van der Waals surface area contributed by atoms with Crippen molar-refractivity contribution in [2.24, 2.45) is 0 Å². The summed E-state index contributed by atoms with van der Waals surface area (Å²) >= 11 is 0. The summed E-state index contributed by atoms with van der Waals surface area (Å²) in [6.07, 6.45) is 2.41. The van der Waals surface area contributed by atoms with Gasteiger partial charge in [0.1, 0.15) is 17.0 Å². The van der Waals surface area contributed by atoms with Gasteiger partial charge < -0.3 is 9.88 Å². The van der Waals surface area contributed by atoms with Crippen LogP contribution in [0.25, 0.3) is 22.1 Å². The number of aryl methyl sites for hydroxylation is 1. The number of aromatic nitrogens is 4. The predicted octanol–water partition coefficient (Wildman–Crippen LogP) is 2.97. The number of carbonyl (C=O) groups excluding carboxylic acids is 1. The Kier molecular flexibility index (Phi) is 4.31. The lowest BCUT2D eigenvalue weighted by atomic mass is 10.2. The Morgan fingerprint density at radius 2 is 1.88 bits per heavy atom. The van der Waals surface area contributed by atoms with Crippen LogP contribution in [0.15, 0.2) is 54.7 Å². The Hall–Kier alpha value is -3.28. The fourth-order valence-corrected chi connectivity index (χ4v) is 3.10. The minimum atomic E-state index is -0.173. The lowest BCUT2D eigenvalue weighted by Crippen LogP contribution is -2.27. The normalized spacial score (nSPS) is 11.1. The maximum absolute atomic E-state index is 12.4. The second-order valence-electron chi connectivity index (χ2n) is 6.01. The number of pyridine rings is 2. The monoisotopic (exact) mass is 345 g/mol. The van der Waals surface area contributed by atoms with Gasteiger partial charge in [0.05, 0.1) is 5.52 Å². The van der Waals surface area contributed by atoms with Crippen LogP contribution in [-0.4, -0.2) is 32.0 Å². The zero-order valence-electron chi connectivity index (χ0n) is 14.5. The predicted molar refractivity (Wildman–Crippen MR) is 101 cm³/mol. The first-order valence-corrected chi connectivity index (χ1v) is 8.70. The van der Waals surface area contributed by atoms with Gasteiger partial charge in [-0.1, -0.05) is 24.3 Å².